The second-order valence-electron chi connectivity index (χ2n) is 5.45. The lowest BCUT2D eigenvalue weighted by atomic mass is 10.3. The molecule has 1 fully saturated rings. The number of aromatic nitrogens is 3. The molecule has 2 aromatic rings. The highest BCUT2D eigenvalue weighted by Crippen LogP contribution is 2.32. The van der Waals surface area contributed by atoms with Crippen LogP contribution >= 0.6 is 0 Å². The second kappa shape index (κ2) is 5.50. The van der Waals surface area contributed by atoms with E-state index >= 15 is 0 Å². The largest absolute Gasteiger partial charge is 0.573 e. The molecule has 1 aromatic carbocycles. The normalized spacial score (nSPS) is 20.7. The molecule has 0 N–H and O–H groups in total. The predicted octanol–water partition coefficient (Wildman–Crippen LogP) is 2.99. The third kappa shape index (κ3) is 3.80. The summed E-state index contributed by atoms with van der Waals surface area (Å²) in [6.45, 7) is 3.91. The van der Waals surface area contributed by atoms with Gasteiger partial charge in [0, 0.05) is 6.07 Å². The van der Waals surface area contributed by atoms with E-state index in [9.17, 15) is 13.2 Å². The van der Waals surface area contributed by atoms with Crippen LogP contribution in [0.25, 0.3) is 5.69 Å². The molecule has 2 heterocycles. The molecule has 3 rings (SSSR count). The third-order valence-corrected chi connectivity index (χ3v) is 3.17. The summed E-state index contributed by atoms with van der Waals surface area (Å²) < 4.78 is 53.2. The Labute approximate surface area is 129 Å². The van der Waals surface area contributed by atoms with E-state index in [2.05, 4.69) is 15.0 Å². The summed E-state index contributed by atoms with van der Waals surface area (Å²) in [5.74, 6) is -1.02. The number of alkyl halides is 3. The van der Waals surface area contributed by atoms with Crippen LogP contribution in [0.15, 0.2) is 30.5 Å². The number of halogens is 3. The summed E-state index contributed by atoms with van der Waals surface area (Å²) in [5, 5.41) is 7.90. The fourth-order valence-corrected chi connectivity index (χ4v) is 2.21. The van der Waals surface area contributed by atoms with E-state index in [0.29, 0.717) is 18.0 Å². The van der Waals surface area contributed by atoms with Crippen molar-refractivity contribution in [3.63, 3.8) is 0 Å². The summed E-state index contributed by atoms with van der Waals surface area (Å²) in [4.78, 5) is 0. The zero-order valence-corrected chi connectivity index (χ0v) is 12.4. The van der Waals surface area contributed by atoms with Gasteiger partial charge in [0.05, 0.1) is 18.5 Å². The molecule has 1 saturated heterocycles. The summed E-state index contributed by atoms with van der Waals surface area (Å²) in [5.41, 5.74) is 0.932. The molecule has 1 aliphatic rings. The quantitative estimate of drug-likeness (QED) is 0.866. The molecule has 6 nitrogen and oxygen atoms in total. The molecule has 0 spiro atoms. The van der Waals surface area contributed by atoms with Crippen molar-refractivity contribution < 1.29 is 27.4 Å². The molecule has 0 bridgehead atoms. The lowest BCUT2D eigenvalue weighted by Gasteiger charge is -2.15. The topological polar surface area (TPSA) is 58.4 Å². The highest BCUT2D eigenvalue weighted by molar-refractivity contribution is 5.38. The molecular weight excluding hydrogens is 315 g/mol. The van der Waals surface area contributed by atoms with Crippen LogP contribution < -0.4 is 4.74 Å². The first-order valence-electron chi connectivity index (χ1n) is 6.82. The van der Waals surface area contributed by atoms with Gasteiger partial charge < -0.3 is 14.2 Å². The molecule has 1 atom stereocenters. The van der Waals surface area contributed by atoms with Crippen LogP contribution in [-0.4, -0.2) is 33.8 Å². The molecule has 0 radical (unpaired) electrons. The monoisotopic (exact) mass is 329 g/mol. The highest BCUT2D eigenvalue weighted by Gasteiger charge is 2.35. The van der Waals surface area contributed by atoms with Gasteiger partial charge in [-0.1, -0.05) is 11.3 Å². The van der Waals surface area contributed by atoms with Crippen molar-refractivity contribution in [3.05, 3.63) is 36.2 Å². The van der Waals surface area contributed by atoms with Crippen LogP contribution in [-0.2, 0) is 9.47 Å². The Hall–Kier alpha value is -2.13. The summed E-state index contributed by atoms with van der Waals surface area (Å²) >= 11 is 0. The van der Waals surface area contributed by atoms with Gasteiger partial charge in [0.25, 0.3) is 0 Å². The van der Waals surface area contributed by atoms with Crippen LogP contribution in [0.2, 0.25) is 0 Å². The first-order chi connectivity index (χ1) is 10.7. The minimum atomic E-state index is -4.74. The molecule has 1 aliphatic heterocycles. The van der Waals surface area contributed by atoms with Crippen molar-refractivity contribution in [2.75, 3.05) is 6.61 Å². The Bertz CT molecular complexity index is 700. The number of hydrogen-bond donors (Lipinski definition) is 0. The van der Waals surface area contributed by atoms with Crippen LogP contribution in [0.5, 0.6) is 5.75 Å². The van der Waals surface area contributed by atoms with Crippen molar-refractivity contribution in [1.82, 2.24) is 15.0 Å². The Morgan fingerprint density at radius 2 is 2.13 bits per heavy atom. The molecule has 0 unspecified atom stereocenters. The molecule has 0 saturated carbocycles. The maximum atomic E-state index is 12.3. The van der Waals surface area contributed by atoms with Gasteiger partial charge in [-0.3, -0.25) is 0 Å². The third-order valence-electron chi connectivity index (χ3n) is 3.17. The van der Waals surface area contributed by atoms with Gasteiger partial charge in [0.1, 0.15) is 17.5 Å². The van der Waals surface area contributed by atoms with E-state index in [4.69, 9.17) is 9.47 Å². The van der Waals surface area contributed by atoms with E-state index in [0.717, 1.165) is 0 Å². The van der Waals surface area contributed by atoms with Crippen LogP contribution in [0, 0.1) is 0 Å². The van der Waals surface area contributed by atoms with Gasteiger partial charge in [0.2, 0.25) is 0 Å². The molecule has 0 aliphatic carbocycles. The minimum Gasteiger partial charge on any atom is -0.406 e. The molecule has 9 heteroatoms. The van der Waals surface area contributed by atoms with Crippen LogP contribution in [0.1, 0.15) is 25.6 Å². The van der Waals surface area contributed by atoms with Crippen molar-refractivity contribution in [2.45, 2.75) is 32.1 Å². The first kappa shape index (κ1) is 15.8. The highest BCUT2D eigenvalue weighted by atomic mass is 19.4. The number of ether oxygens (including phenoxy) is 3. The maximum Gasteiger partial charge on any atom is 0.573 e. The molecule has 124 valence electrons. The Morgan fingerprint density at radius 3 is 2.78 bits per heavy atom. The maximum absolute atomic E-state index is 12.3. The van der Waals surface area contributed by atoms with Gasteiger partial charge in [-0.15, -0.1) is 18.3 Å². The van der Waals surface area contributed by atoms with E-state index < -0.39 is 12.1 Å². The number of nitrogens with zero attached hydrogens (tertiary/aromatic N) is 3. The van der Waals surface area contributed by atoms with E-state index in [1.165, 1.54) is 22.9 Å². The fraction of sp³-hybridized carbons (Fsp3) is 0.429. The fourth-order valence-electron chi connectivity index (χ4n) is 2.21. The van der Waals surface area contributed by atoms with Crippen LogP contribution in [0.3, 0.4) is 0 Å². The standard InChI is InChI=1S/C14H14F3N3O3/c1-13(2)21-8-12(23-13)11-7-20(19-18-11)9-4-3-5-10(6-9)22-14(15,16)17/h3-7,12H,8H2,1-2H3/t12-/m1/s1. The zero-order valence-electron chi connectivity index (χ0n) is 12.4. The average Bonchev–Trinajstić information content (AvgIpc) is 3.03. The van der Waals surface area contributed by atoms with Crippen molar-refractivity contribution in [3.8, 4) is 11.4 Å². The van der Waals surface area contributed by atoms with Crippen molar-refractivity contribution >= 4 is 0 Å². The zero-order chi connectivity index (χ0) is 16.7. The van der Waals surface area contributed by atoms with Crippen molar-refractivity contribution in [2.24, 2.45) is 0 Å². The Morgan fingerprint density at radius 1 is 1.35 bits per heavy atom. The molecule has 0 amide bonds. The SMILES string of the molecule is CC1(C)OC[C@H](c2cn(-c3cccc(OC(F)(F)F)c3)nn2)O1. The van der Waals surface area contributed by atoms with E-state index in [-0.39, 0.29) is 11.9 Å². The van der Waals surface area contributed by atoms with E-state index in [1.54, 1.807) is 26.1 Å². The number of rotatable bonds is 3. The van der Waals surface area contributed by atoms with Gasteiger partial charge in [-0.05, 0) is 26.0 Å². The average molecular weight is 329 g/mol. The first-order valence-corrected chi connectivity index (χ1v) is 6.82. The van der Waals surface area contributed by atoms with Crippen LogP contribution in [0.4, 0.5) is 13.2 Å². The minimum absolute atomic E-state index is 0.325. The van der Waals surface area contributed by atoms with E-state index in [1.807, 2.05) is 0 Å². The summed E-state index contributed by atoms with van der Waals surface area (Å²) in [6, 6.07) is 5.47. The molecule has 23 heavy (non-hydrogen) atoms. The smallest absolute Gasteiger partial charge is 0.406 e. The summed E-state index contributed by atoms with van der Waals surface area (Å²) in [6.07, 6.45) is -3.53. The van der Waals surface area contributed by atoms with Gasteiger partial charge in [-0.25, -0.2) is 4.68 Å². The number of hydrogen-bond acceptors (Lipinski definition) is 5. The molecular formula is C14H14F3N3O3. The molecule has 1 aromatic heterocycles. The predicted molar refractivity (Wildman–Crippen MR) is 71.9 cm³/mol. The Kier molecular flexibility index (Phi) is 3.77. The van der Waals surface area contributed by atoms with Crippen molar-refractivity contribution in [1.29, 1.82) is 0 Å². The number of benzene rings is 1. The second-order valence-corrected chi connectivity index (χ2v) is 5.45. The lowest BCUT2D eigenvalue weighted by Crippen LogP contribution is -2.19. The van der Waals surface area contributed by atoms with Gasteiger partial charge >= 0.3 is 6.36 Å². The summed E-state index contributed by atoms with van der Waals surface area (Å²) in [7, 11) is 0. The lowest BCUT2D eigenvalue weighted by molar-refractivity contribution is -0.274. The Balaban J connectivity index is 1.79. The van der Waals surface area contributed by atoms with Gasteiger partial charge in [0.15, 0.2) is 5.79 Å². The van der Waals surface area contributed by atoms with Gasteiger partial charge in [-0.2, -0.15) is 0 Å².